The van der Waals surface area contributed by atoms with Crippen LogP contribution in [0.3, 0.4) is 0 Å². The molecule has 0 aliphatic carbocycles. The van der Waals surface area contributed by atoms with Gasteiger partial charge in [0, 0.05) is 68.3 Å². The number of aromatic nitrogens is 3. The van der Waals surface area contributed by atoms with Crippen LogP contribution in [-0.2, 0) is 9.53 Å². The fourth-order valence-corrected chi connectivity index (χ4v) is 4.36. The molecule has 2 aliphatic heterocycles. The molecule has 1 saturated heterocycles. The van der Waals surface area contributed by atoms with Crippen LogP contribution in [0.1, 0.15) is 17.2 Å². The van der Waals surface area contributed by atoms with E-state index in [2.05, 4.69) is 39.1 Å². The topological polar surface area (TPSA) is 101 Å². The summed E-state index contributed by atoms with van der Waals surface area (Å²) in [6.07, 6.45) is 8.18. The van der Waals surface area contributed by atoms with E-state index in [0.29, 0.717) is 11.5 Å². The number of carbonyl (C=O) groups excluding carboxylic acids is 1. The fraction of sp³-hybridized carbons (Fsp3) is 0.280. The van der Waals surface area contributed by atoms with Crippen molar-refractivity contribution < 1.29 is 9.53 Å². The highest BCUT2D eigenvalue weighted by molar-refractivity contribution is 5.80. The summed E-state index contributed by atoms with van der Waals surface area (Å²) in [7, 11) is 3.86. The Morgan fingerprint density at radius 2 is 1.85 bits per heavy atom. The Kier molecular flexibility index (Phi) is 5.85. The average Bonchev–Trinajstić information content (AvgIpc) is 2.89. The number of aldehydes is 1. The zero-order chi connectivity index (χ0) is 23.7. The molecule has 9 heteroatoms. The highest BCUT2D eigenvalue weighted by Crippen LogP contribution is 2.39. The third-order valence-electron chi connectivity index (χ3n) is 6.32. The largest absolute Gasteiger partial charge is 0.378 e. The zero-order valence-electron chi connectivity index (χ0n) is 19.3. The van der Waals surface area contributed by atoms with Crippen LogP contribution in [0.4, 0.5) is 23.1 Å². The van der Waals surface area contributed by atoms with Crippen LogP contribution in [0.25, 0.3) is 17.3 Å². The molecule has 0 saturated carbocycles. The number of hydrogen-bond acceptors (Lipinski definition) is 9. The van der Waals surface area contributed by atoms with Crippen LogP contribution in [0.5, 0.6) is 0 Å². The van der Waals surface area contributed by atoms with Gasteiger partial charge in [0.25, 0.3) is 0 Å². The minimum atomic E-state index is -0.436. The van der Waals surface area contributed by atoms with Crippen molar-refractivity contribution in [3.8, 4) is 11.3 Å². The number of morpholine rings is 1. The fourth-order valence-electron chi connectivity index (χ4n) is 4.36. The molecule has 1 aromatic carbocycles. The number of nitrogens with zero attached hydrogens (tertiary/aromatic N) is 6. The van der Waals surface area contributed by atoms with Crippen LogP contribution >= 0.6 is 0 Å². The summed E-state index contributed by atoms with van der Waals surface area (Å²) in [5.74, 6) is 0.915. The smallest absolute Gasteiger partial charge is 0.219 e. The lowest BCUT2D eigenvalue weighted by molar-refractivity contribution is -0.111. The zero-order valence-corrected chi connectivity index (χ0v) is 19.3. The third kappa shape index (κ3) is 4.06. The maximum atomic E-state index is 12.1. The molecular weight excluding hydrogens is 430 g/mol. The SMILES string of the molecule is CN(c1ccc(N2CCOCC2)cc1)c1nc(-c2cnc(N)nc2)cc2c1C(C=O)N(C)C=C2. The summed E-state index contributed by atoms with van der Waals surface area (Å²) in [4.78, 5) is 31.5. The molecule has 2 aliphatic rings. The van der Waals surface area contributed by atoms with Crippen LogP contribution in [0.2, 0.25) is 0 Å². The Labute approximate surface area is 198 Å². The third-order valence-corrected chi connectivity index (χ3v) is 6.32. The Morgan fingerprint density at radius 3 is 2.53 bits per heavy atom. The highest BCUT2D eigenvalue weighted by Gasteiger charge is 2.28. The molecule has 0 amide bonds. The van der Waals surface area contributed by atoms with E-state index >= 15 is 0 Å². The Bertz CT molecular complexity index is 1210. The van der Waals surface area contributed by atoms with Crippen LogP contribution in [-0.4, -0.2) is 66.5 Å². The molecule has 4 heterocycles. The number of hydrogen-bond donors (Lipinski definition) is 1. The number of fused-ring (bicyclic) bond motifs is 1. The van der Waals surface area contributed by atoms with Crippen LogP contribution in [0, 0.1) is 0 Å². The minimum absolute atomic E-state index is 0.210. The standard InChI is InChI=1S/C25H27N7O2/c1-30-8-7-17-13-21(18-14-27-25(26)28-15-18)29-24(23(17)22(30)16-33)31(2)19-3-5-20(6-4-19)32-9-11-34-12-10-32/h3-8,13-16,22H,9-12H2,1-2H3,(H2,26,27,28). The number of nitrogen functional groups attached to an aromatic ring is 1. The first kappa shape index (κ1) is 21.8. The van der Waals surface area contributed by atoms with E-state index in [-0.39, 0.29) is 5.95 Å². The van der Waals surface area contributed by atoms with Gasteiger partial charge in [-0.25, -0.2) is 15.0 Å². The summed E-state index contributed by atoms with van der Waals surface area (Å²) in [6.45, 7) is 3.26. The van der Waals surface area contributed by atoms with Gasteiger partial charge < -0.3 is 30.0 Å². The van der Waals surface area contributed by atoms with Crippen molar-refractivity contribution >= 4 is 35.5 Å². The van der Waals surface area contributed by atoms with Crippen molar-refractivity contribution in [1.82, 2.24) is 19.9 Å². The van der Waals surface area contributed by atoms with Gasteiger partial charge in [0.2, 0.25) is 5.95 Å². The van der Waals surface area contributed by atoms with Crippen molar-refractivity contribution in [3.05, 3.63) is 60.1 Å². The summed E-state index contributed by atoms with van der Waals surface area (Å²) in [5.41, 5.74) is 11.1. The van der Waals surface area contributed by atoms with Crippen molar-refractivity contribution in [2.75, 3.05) is 55.9 Å². The lowest BCUT2D eigenvalue weighted by Crippen LogP contribution is -2.36. The number of ether oxygens (including phenoxy) is 1. The number of rotatable bonds is 5. The Morgan fingerprint density at radius 1 is 1.15 bits per heavy atom. The van der Waals surface area contributed by atoms with E-state index in [1.54, 1.807) is 12.4 Å². The number of nitrogens with two attached hydrogens (primary N) is 1. The molecule has 1 fully saturated rings. The van der Waals surface area contributed by atoms with E-state index in [9.17, 15) is 4.79 Å². The van der Waals surface area contributed by atoms with Gasteiger partial charge in [0.05, 0.1) is 18.9 Å². The van der Waals surface area contributed by atoms with Gasteiger partial charge in [-0.15, -0.1) is 0 Å². The van der Waals surface area contributed by atoms with Crippen molar-refractivity contribution in [1.29, 1.82) is 0 Å². The van der Waals surface area contributed by atoms with Gasteiger partial charge in [-0.1, -0.05) is 0 Å². The molecule has 1 atom stereocenters. The van der Waals surface area contributed by atoms with Crippen molar-refractivity contribution in [2.24, 2.45) is 0 Å². The minimum Gasteiger partial charge on any atom is -0.378 e. The molecule has 0 bridgehead atoms. The number of benzene rings is 1. The second-order valence-electron chi connectivity index (χ2n) is 8.40. The van der Waals surface area contributed by atoms with Gasteiger partial charge in [0.15, 0.2) is 0 Å². The highest BCUT2D eigenvalue weighted by atomic mass is 16.5. The molecule has 2 N–H and O–H groups in total. The molecule has 34 heavy (non-hydrogen) atoms. The molecule has 3 aromatic rings. The van der Waals surface area contributed by atoms with Gasteiger partial charge in [-0.3, -0.25) is 0 Å². The average molecular weight is 458 g/mol. The lowest BCUT2D eigenvalue weighted by atomic mass is 9.96. The van der Waals surface area contributed by atoms with Gasteiger partial charge in [-0.05, 0) is 42.0 Å². The van der Waals surface area contributed by atoms with E-state index in [4.69, 9.17) is 15.5 Å². The van der Waals surface area contributed by atoms with Gasteiger partial charge in [-0.2, -0.15) is 0 Å². The van der Waals surface area contributed by atoms with E-state index < -0.39 is 6.04 Å². The van der Waals surface area contributed by atoms with E-state index in [1.807, 2.05) is 42.2 Å². The first-order valence-electron chi connectivity index (χ1n) is 11.2. The summed E-state index contributed by atoms with van der Waals surface area (Å²) in [5, 5.41) is 0. The molecule has 5 rings (SSSR count). The second-order valence-corrected chi connectivity index (χ2v) is 8.40. The predicted octanol–water partition coefficient (Wildman–Crippen LogP) is 2.88. The number of carbonyl (C=O) groups is 1. The van der Waals surface area contributed by atoms with Crippen LogP contribution < -0.4 is 15.5 Å². The van der Waals surface area contributed by atoms with Crippen molar-refractivity contribution in [2.45, 2.75) is 6.04 Å². The summed E-state index contributed by atoms with van der Waals surface area (Å²) < 4.78 is 5.47. The van der Waals surface area contributed by atoms with E-state index in [0.717, 1.165) is 60.7 Å². The monoisotopic (exact) mass is 457 g/mol. The normalized spacial score (nSPS) is 17.4. The molecule has 9 nitrogen and oxygen atoms in total. The molecular formula is C25H27N7O2. The predicted molar refractivity (Wildman–Crippen MR) is 133 cm³/mol. The summed E-state index contributed by atoms with van der Waals surface area (Å²) in [6, 6.07) is 9.92. The Hall–Kier alpha value is -3.98. The van der Waals surface area contributed by atoms with Crippen LogP contribution in [0.15, 0.2) is 48.9 Å². The van der Waals surface area contributed by atoms with Crippen molar-refractivity contribution in [3.63, 3.8) is 0 Å². The second kappa shape index (κ2) is 9.11. The molecule has 174 valence electrons. The number of anilines is 4. The summed E-state index contributed by atoms with van der Waals surface area (Å²) >= 11 is 0. The Balaban J connectivity index is 1.57. The molecule has 0 spiro atoms. The van der Waals surface area contributed by atoms with E-state index in [1.165, 1.54) is 0 Å². The van der Waals surface area contributed by atoms with Gasteiger partial charge >= 0.3 is 0 Å². The maximum Gasteiger partial charge on any atom is 0.219 e. The lowest BCUT2D eigenvalue weighted by Gasteiger charge is -2.33. The quantitative estimate of drug-likeness (QED) is 0.580. The van der Waals surface area contributed by atoms with Gasteiger partial charge in [0.1, 0.15) is 18.1 Å². The number of likely N-dealkylation sites (N-methyl/N-ethyl adjacent to an activating group) is 1. The number of pyridine rings is 1. The molecule has 2 aromatic heterocycles. The molecule has 0 radical (unpaired) electrons. The maximum absolute atomic E-state index is 12.1. The first-order valence-corrected chi connectivity index (χ1v) is 11.2. The molecule has 1 unspecified atom stereocenters. The first-order chi connectivity index (χ1) is 16.5.